The van der Waals surface area contributed by atoms with Crippen molar-refractivity contribution in [1.29, 1.82) is 0 Å². The first-order chi connectivity index (χ1) is 4.71. The van der Waals surface area contributed by atoms with Crippen LogP contribution in [0.1, 0.15) is 13.3 Å². The Morgan fingerprint density at radius 1 is 1.36 bits per heavy atom. The normalized spacial score (nSPS) is 18.9. The fourth-order valence-corrected chi connectivity index (χ4v) is 1.57. The average Bonchev–Trinajstić information content (AvgIpc) is 1.80. The Kier molecular flexibility index (Phi) is 3.42. The number of methoxy groups -OCH3 is 1. The minimum atomic E-state index is -4.27. The monoisotopic (exact) mass is 184 g/mol. The molecule has 0 amide bonds. The molecule has 0 saturated heterocycles. The van der Waals surface area contributed by atoms with Gasteiger partial charge in [-0.25, -0.2) is 0 Å². The molecule has 0 bridgehead atoms. The van der Waals surface area contributed by atoms with E-state index < -0.39 is 7.28 Å². The fourth-order valence-electron chi connectivity index (χ4n) is 0.602. The average molecular weight is 184 g/mol. The summed E-state index contributed by atoms with van der Waals surface area (Å²) in [5.74, 6) is 0. The Morgan fingerprint density at radius 2 is 1.82 bits per heavy atom. The molecule has 5 heteroatoms. The van der Waals surface area contributed by atoms with E-state index in [0.29, 0.717) is 6.42 Å². The summed E-state index contributed by atoms with van der Waals surface area (Å²) in [5, 5.41) is 0. The van der Waals surface area contributed by atoms with E-state index in [4.69, 9.17) is 19.4 Å². The van der Waals surface area contributed by atoms with E-state index in [1.54, 1.807) is 7.11 Å². The van der Waals surface area contributed by atoms with Gasteiger partial charge in [0.2, 0.25) is 0 Å². The molecule has 0 aliphatic rings. The molecule has 3 N–H and O–H groups in total. The van der Waals surface area contributed by atoms with Crippen LogP contribution in [0, 0.1) is 0 Å². The van der Waals surface area contributed by atoms with Gasteiger partial charge in [0.25, 0.3) is 0 Å². The molecule has 0 fully saturated rings. The summed E-state index contributed by atoms with van der Waals surface area (Å²) in [7, 11) is -2.73. The first kappa shape index (κ1) is 11.3. The van der Waals surface area contributed by atoms with Crippen LogP contribution >= 0.6 is 7.28 Å². The molecule has 1 atom stereocenters. The standard InChI is InChI=1S/C6H17O4P/c1-6(10-2)4-5-11(3,7,8)9/h6-9H,4-5H2,1-3H3. The summed E-state index contributed by atoms with van der Waals surface area (Å²) in [5.41, 5.74) is 0. The van der Waals surface area contributed by atoms with E-state index in [9.17, 15) is 0 Å². The fraction of sp³-hybridized carbons (Fsp3) is 1.00. The summed E-state index contributed by atoms with van der Waals surface area (Å²) in [6, 6.07) is 0. The third-order valence-electron chi connectivity index (χ3n) is 1.46. The van der Waals surface area contributed by atoms with Crippen molar-refractivity contribution in [3.8, 4) is 0 Å². The third-order valence-corrected chi connectivity index (χ3v) is 2.77. The molecule has 0 aliphatic carbocycles. The SMILES string of the molecule is COC(C)CCP(C)(O)(O)O. The second-order valence-electron chi connectivity index (χ2n) is 3.17. The van der Waals surface area contributed by atoms with Crippen LogP contribution in [0.15, 0.2) is 0 Å². The van der Waals surface area contributed by atoms with Gasteiger partial charge < -0.3 is 0 Å². The van der Waals surface area contributed by atoms with Gasteiger partial charge in [0.1, 0.15) is 0 Å². The molecule has 0 saturated carbocycles. The molecule has 0 rings (SSSR count). The van der Waals surface area contributed by atoms with Crippen LogP contribution in [-0.2, 0) is 4.74 Å². The van der Waals surface area contributed by atoms with Crippen molar-refractivity contribution in [3.63, 3.8) is 0 Å². The molecule has 0 radical (unpaired) electrons. The maximum atomic E-state index is 9.01. The predicted octanol–water partition coefficient (Wildman–Crippen LogP) is 0.316. The third kappa shape index (κ3) is 8.17. The van der Waals surface area contributed by atoms with Crippen LogP contribution in [0.25, 0.3) is 0 Å². The van der Waals surface area contributed by atoms with Crippen molar-refractivity contribution in [2.24, 2.45) is 0 Å². The maximum absolute atomic E-state index is 9.01. The van der Waals surface area contributed by atoms with Gasteiger partial charge in [-0.1, -0.05) is 0 Å². The van der Waals surface area contributed by atoms with Crippen LogP contribution in [0.3, 0.4) is 0 Å². The molecule has 70 valence electrons. The summed E-state index contributed by atoms with van der Waals surface area (Å²) in [6.45, 7) is 2.89. The molecule has 4 nitrogen and oxygen atoms in total. The molecule has 11 heavy (non-hydrogen) atoms. The van der Waals surface area contributed by atoms with Gasteiger partial charge in [0.15, 0.2) is 0 Å². The van der Waals surface area contributed by atoms with Crippen molar-refractivity contribution < 1.29 is 19.4 Å². The summed E-state index contributed by atoms with van der Waals surface area (Å²) in [4.78, 5) is 27.0. The zero-order chi connectivity index (χ0) is 9.15. The van der Waals surface area contributed by atoms with Crippen molar-refractivity contribution in [3.05, 3.63) is 0 Å². The molecular weight excluding hydrogens is 167 g/mol. The van der Waals surface area contributed by atoms with Gasteiger partial charge in [0, 0.05) is 0 Å². The number of hydrogen-bond donors (Lipinski definition) is 3. The molecule has 0 aromatic carbocycles. The van der Waals surface area contributed by atoms with Crippen LogP contribution in [0.4, 0.5) is 0 Å². The topological polar surface area (TPSA) is 69.9 Å². The number of ether oxygens (including phenoxy) is 1. The molecule has 0 aromatic heterocycles. The van der Waals surface area contributed by atoms with Crippen LogP contribution in [0.5, 0.6) is 0 Å². The zero-order valence-electron chi connectivity index (χ0n) is 7.19. The van der Waals surface area contributed by atoms with Crippen LogP contribution in [0.2, 0.25) is 0 Å². The van der Waals surface area contributed by atoms with Crippen molar-refractivity contribution in [2.75, 3.05) is 19.9 Å². The van der Waals surface area contributed by atoms with Gasteiger partial charge in [-0.3, -0.25) is 0 Å². The van der Waals surface area contributed by atoms with Crippen molar-refractivity contribution in [1.82, 2.24) is 0 Å². The van der Waals surface area contributed by atoms with Gasteiger partial charge in [0.05, 0.1) is 0 Å². The predicted molar refractivity (Wildman–Crippen MR) is 45.5 cm³/mol. The Bertz CT molecular complexity index is 119. The van der Waals surface area contributed by atoms with Crippen molar-refractivity contribution >= 4 is 7.28 Å². The Balaban J connectivity index is 3.71. The molecular formula is C6H17O4P. The van der Waals surface area contributed by atoms with Crippen LogP contribution in [-0.4, -0.2) is 40.7 Å². The number of rotatable bonds is 4. The first-order valence-corrected chi connectivity index (χ1v) is 6.22. The molecule has 0 aromatic rings. The van der Waals surface area contributed by atoms with Crippen LogP contribution < -0.4 is 0 Å². The van der Waals surface area contributed by atoms with E-state index in [2.05, 4.69) is 0 Å². The van der Waals surface area contributed by atoms with E-state index in [1.807, 2.05) is 6.92 Å². The minimum absolute atomic E-state index is 0.000602. The Morgan fingerprint density at radius 3 is 2.09 bits per heavy atom. The van der Waals surface area contributed by atoms with E-state index >= 15 is 0 Å². The van der Waals surface area contributed by atoms with E-state index in [-0.39, 0.29) is 12.3 Å². The van der Waals surface area contributed by atoms with Gasteiger partial charge in [-0.05, 0) is 0 Å². The summed E-state index contributed by atoms with van der Waals surface area (Å²) >= 11 is 0. The molecule has 0 heterocycles. The Hall–Kier alpha value is 0.270. The summed E-state index contributed by atoms with van der Waals surface area (Å²) < 4.78 is 4.88. The molecule has 1 unspecified atom stereocenters. The second-order valence-corrected chi connectivity index (χ2v) is 6.83. The van der Waals surface area contributed by atoms with E-state index in [0.717, 1.165) is 6.66 Å². The Labute approximate surface area is 67.0 Å². The van der Waals surface area contributed by atoms with Gasteiger partial charge in [-0.15, -0.1) is 0 Å². The molecule has 0 aliphatic heterocycles. The first-order valence-electron chi connectivity index (χ1n) is 3.49. The number of hydrogen-bond acceptors (Lipinski definition) is 4. The quantitative estimate of drug-likeness (QED) is 0.550. The van der Waals surface area contributed by atoms with Gasteiger partial charge in [-0.2, -0.15) is 0 Å². The zero-order valence-corrected chi connectivity index (χ0v) is 8.08. The van der Waals surface area contributed by atoms with E-state index in [1.165, 1.54) is 0 Å². The summed E-state index contributed by atoms with van der Waals surface area (Å²) in [6.07, 6.45) is 0.400. The van der Waals surface area contributed by atoms with Crippen molar-refractivity contribution in [2.45, 2.75) is 19.4 Å². The molecule has 0 spiro atoms. The van der Waals surface area contributed by atoms with Gasteiger partial charge >= 0.3 is 66.1 Å². The second kappa shape index (κ2) is 3.33.